The van der Waals surface area contributed by atoms with Crippen molar-refractivity contribution >= 4 is 11.6 Å². The number of nitrogens with zero attached hydrogens (tertiary/aromatic N) is 2. The number of amides is 1. The lowest BCUT2D eigenvalue weighted by Crippen LogP contribution is -2.48. The molecule has 0 aromatic heterocycles. The summed E-state index contributed by atoms with van der Waals surface area (Å²) in [6, 6.07) is 5.75. The van der Waals surface area contributed by atoms with Crippen molar-refractivity contribution in [1.82, 2.24) is 4.90 Å². The molecule has 1 aromatic carbocycles. The summed E-state index contributed by atoms with van der Waals surface area (Å²) in [6.07, 6.45) is 0. The summed E-state index contributed by atoms with van der Waals surface area (Å²) < 4.78 is 11.2. The van der Waals surface area contributed by atoms with Gasteiger partial charge in [-0.25, -0.2) is 0 Å². The van der Waals surface area contributed by atoms with Crippen molar-refractivity contribution < 1.29 is 19.2 Å². The molecule has 7 heteroatoms. The van der Waals surface area contributed by atoms with Crippen molar-refractivity contribution in [2.75, 3.05) is 13.2 Å². The third-order valence-corrected chi connectivity index (χ3v) is 3.38. The third kappa shape index (κ3) is 3.30. The van der Waals surface area contributed by atoms with Gasteiger partial charge in [0.15, 0.2) is 0 Å². The number of benzene rings is 1. The molecule has 1 fully saturated rings. The van der Waals surface area contributed by atoms with Gasteiger partial charge in [-0.2, -0.15) is 0 Å². The summed E-state index contributed by atoms with van der Waals surface area (Å²) in [5.41, 5.74) is -0.693. The van der Waals surface area contributed by atoms with Crippen LogP contribution in [0.3, 0.4) is 0 Å². The molecule has 1 aliphatic rings. The van der Waals surface area contributed by atoms with E-state index in [1.165, 1.54) is 19.1 Å². The average molecular weight is 294 g/mol. The van der Waals surface area contributed by atoms with Gasteiger partial charge < -0.3 is 14.4 Å². The molecule has 1 aliphatic heterocycles. The van der Waals surface area contributed by atoms with E-state index in [2.05, 4.69) is 0 Å². The number of rotatable bonds is 4. The monoisotopic (exact) mass is 294 g/mol. The van der Waals surface area contributed by atoms with E-state index in [0.29, 0.717) is 12.4 Å². The van der Waals surface area contributed by atoms with Crippen molar-refractivity contribution in [3.63, 3.8) is 0 Å². The highest BCUT2D eigenvalue weighted by molar-refractivity contribution is 5.74. The van der Waals surface area contributed by atoms with E-state index in [1.807, 2.05) is 13.8 Å². The van der Waals surface area contributed by atoms with E-state index < -0.39 is 10.6 Å². The summed E-state index contributed by atoms with van der Waals surface area (Å²) in [7, 11) is 0. The maximum Gasteiger partial charge on any atom is 0.273 e. The fourth-order valence-electron chi connectivity index (χ4n) is 2.52. The Labute approximate surface area is 122 Å². The van der Waals surface area contributed by atoms with Crippen molar-refractivity contribution in [3.05, 3.63) is 34.4 Å². The number of hydrogen-bond donors (Lipinski definition) is 0. The van der Waals surface area contributed by atoms with Crippen LogP contribution in [0.15, 0.2) is 24.3 Å². The Kier molecular flexibility index (Phi) is 4.13. The van der Waals surface area contributed by atoms with Crippen LogP contribution in [-0.2, 0) is 9.53 Å². The first-order valence-electron chi connectivity index (χ1n) is 6.62. The normalized spacial score (nSPS) is 20.3. The van der Waals surface area contributed by atoms with Crippen LogP contribution in [0, 0.1) is 10.1 Å². The molecule has 0 bridgehead atoms. The lowest BCUT2D eigenvalue weighted by Gasteiger charge is -2.32. The first-order chi connectivity index (χ1) is 9.81. The van der Waals surface area contributed by atoms with Crippen LogP contribution in [0.25, 0.3) is 0 Å². The minimum atomic E-state index is -0.664. The molecule has 2 rings (SSSR count). The van der Waals surface area contributed by atoms with Gasteiger partial charge in [0, 0.05) is 13.0 Å². The van der Waals surface area contributed by atoms with Gasteiger partial charge in [-0.1, -0.05) is 6.07 Å². The lowest BCUT2D eigenvalue weighted by molar-refractivity contribution is -0.384. The molecule has 1 heterocycles. The summed E-state index contributed by atoms with van der Waals surface area (Å²) in [5, 5.41) is 10.7. The largest absolute Gasteiger partial charge is 0.491 e. The van der Waals surface area contributed by atoms with Crippen LogP contribution < -0.4 is 4.74 Å². The number of carbonyl (C=O) groups is 1. The zero-order valence-corrected chi connectivity index (χ0v) is 12.2. The molecule has 0 radical (unpaired) electrons. The van der Waals surface area contributed by atoms with Gasteiger partial charge in [0.05, 0.1) is 23.6 Å². The molecule has 1 aromatic rings. The Hall–Kier alpha value is -2.15. The predicted molar refractivity (Wildman–Crippen MR) is 74.9 cm³/mol. The van der Waals surface area contributed by atoms with E-state index in [4.69, 9.17) is 9.47 Å². The van der Waals surface area contributed by atoms with E-state index in [0.717, 1.165) is 0 Å². The third-order valence-electron chi connectivity index (χ3n) is 3.38. The summed E-state index contributed by atoms with van der Waals surface area (Å²) in [6.45, 7) is 5.73. The SMILES string of the molecule is CC(=O)N1[C@@H](COc2cccc([N+](=O)[O-])c2)COC1(C)C. The maximum absolute atomic E-state index is 11.7. The molecule has 1 saturated heterocycles. The highest BCUT2D eigenvalue weighted by Gasteiger charge is 2.42. The van der Waals surface area contributed by atoms with Crippen molar-refractivity contribution in [2.24, 2.45) is 0 Å². The standard InChI is InChI=1S/C14H18N2O5/c1-10(17)15-12(9-21-14(15,2)3)8-20-13-6-4-5-11(7-13)16(18)19/h4-7,12H,8-9H2,1-3H3/t12-/m0/s1. The zero-order chi connectivity index (χ0) is 15.6. The quantitative estimate of drug-likeness (QED) is 0.626. The molecule has 1 atom stereocenters. The second kappa shape index (κ2) is 5.69. The molecule has 1 amide bonds. The number of carbonyl (C=O) groups excluding carboxylic acids is 1. The van der Waals surface area contributed by atoms with Gasteiger partial charge in [0.2, 0.25) is 5.91 Å². The molecule has 0 aliphatic carbocycles. The maximum atomic E-state index is 11.7. The number of nitro groups is 1. The Morgan fingerprint density at radius 2 is 2.29 bits per heavy atom. The Bertz CT molecular complexity index is 558. The molecule has 0 unspecified atom stereocenters. The fraction of sp³-hybridized carbons (Fsp3) is 0.500. The minimum Gasteiger partial charge on any atom is -0.491 e. The molecule has 0 N–H and O–H groups in total. The zero-order valence-electron chi connectivity index (χ0n) is 12.2. The van der Waals surface area contributed by atoms with Gasteiger partial charge in [0.25, 0.3) is 5.69 Å². The van der Waals surface area contributed by atoms with E-state index in [-0.39, 0.29) is 24.2 Å². The lowest BCUT2D eigenvalue weighted by atomic mass is 10.2. The van der Waals surface area contributed by atoms with Crippen LogP contribution in [-0.4, -0.2) is 40.7 Å². The Morgan fingerprint density at radius 1 is 1.57 bits per heavy atom. The Balaban J connectivity index is 2.04. The highest BCUT2D eigenvalue weighted by Crippen LogP contribution is 2.28. The van der Waals surface area contributed by atoms with Crippen LogP contribution in [0.2, 0.25) is 0 Å². The van der Waals surface area contributed by atoms with Crippen molar-refractivity contribution in [3.8, 4) is 5.75 Å². The smallest absolute Gasteiger partial charge is 0.273 e. The molecule has 0 spiro atoms. The topological polar surface area (TPSA) is 81.9 Å². The van der Waals surface area contributed by atoms with Gasteiger partial charge in [-0.15, -0.1) is 0 Å². The van der Waals surface area contributed by atoms with Crippen LogP contribution in [0.1, 0.15) is 20.8 Å². The van der Waals surface area contributed by atoms with Gasteiger partial charge in [-0.05, 0) is 19.9 Å². The molecule has 0 saturated carbocycles. The number of ether oxygens (including phenoxy) is 2. The average Bonchev–Trinajstić information content (AvgIpc) is 2.71. The fourth-order valence-corrected chi connectivity index (χ4v) is 2.52. The summed E-state index contributed by atoms with van der Waals surface area (Å²) in [4.78, 5) is 23.6. The molecule has 114 valence electrons. The predicted octanol–water partition coefficient (Wildman–Crippen LogP) is 1.96. The van der Waals surface area contributed by atoms with Crippen LogP contribution in [0.4, 0.5) is 5.69 Å². The first kappa shape index (κ1) is 15.2. The van der Waals surface area contributed by atoms with Gasteiger partial charge >= 0.3 is 0 Å². The molecule has 7 nitrogen and oxygen atoms in total. The summed E-state index contributed by atoms with van der Waals surface area (Å²) in [5.74, 6) is 0.308. The number of hydrogen-bond acceptors (Lipinski definition) is 5. The van der Waals surface area contributed by atoms with Gasteiger partial charge in [-0.3, -0.25) is 14.9 Å². The second-order valence-electron chi connectivity index (χ2n) is 5.37. The first-order valence-corrected chi connectivity index (χ1v) is 6.62. The highest BCUT2D eigenvalue weighted by atomic mass is 16.6. The van der Waals surface area contributed by atoms with E-state index in [1.54, 1.807) is 17.0 Å². The van der Waals surface area contributed by atoms with Crippen LogP contribution >= 0.6 is 0 Å². The number of nitro benzene ring substituents is 1. The molecular formula is C14H18N2O5. The second-order valence-corrected chi connectivity index (χ2v) is 5.37. The van der Waals surface area contributed by atoms with Crippen molar-refractivity contribution in [1.29, 1.82) is 0 Å². The summed E-state index contributed by atoms with van der Waals surface area (Å²) >= 11 is 0. The van der Waals surface area contributed by atoms with E-state index >= 15 is 0 Å². The van der Waals surface area contributed by atoms with Gasteiger partial charge in [0.1, 0.15) is 18.1 Å². The molecular weight excluding hydrogens is 276 g/mol. The number of non-ortho nitro benzene ring substituents is 1. The molecule has 21 heavy (non-hydrogen) atoms. The van der Waals surface area contributed by atoms with Crippen LogP contribution in [0.5, 0.6) is 5.75 Å². The minimum absolute atomic E-state index is 0.0288. The van der Waals surface area contributed by atoms with E-state index in [9.17, 15) is 14.9 Å². The Morgan fingerprint density at radius 3 is 2.90 bits per heavy atom. The van der Waals surface area contributed by atoms with Crippen molar-refractivity contribution in [2.45, 2.75) is 32.5 Å².